The maximum Gasteiger partial charge on any atom is 0.00500 e. The Bertz CT molecular complexity index is 167. The van der Waals surface area contributed by atoms with Gasteiger partial charge in [0.2, 0.25) is 0 Å². The van der Waals surface area contributed by atoms with Gasteiger partial charge in [0.15, 0.2) is 0 Å². The van der Waals surface area contributed by atoms with E-state index < -0.39 is 0 Å². The molecular formula is C12H24N2. The van der Waals surface area contributed by atoms with Gasteiger partial charge in [0, 0.05) is 13.1 Å². The molecule has 14 heavy (non-hydrogen) atoms. The molecule has 0 aromatic carbocycles. The first-order valence-electron chi connectivity index (χ1n) is 6.28. The van der Waals surface area contributed by atoms with E-state index in [0.717, 1.165) is 0 Å². The van der Waals surface area contributed by atoms with Gasteiger partial charge < -0.3 is 10.2 Å². The van der Waals surface area contributed by atoms with Gasteiger partial charge in [-0.05, 0) is 57.2 Å². The fourth-order valence-electron chi connectivity index (χ4n) is 2.99. The first-order valence-corrected chi connectivity index (χ1v) is 6.28. The summed E-state index contributed by atoms with van der Waals surface area (Å²) in [6, 6.07) is 0. The molecule has 2 aliphatic heterocycles. The first-order chi connectivity index (χ1) is 6.85. The Hall–Kier alpha value is -0.0800. The van der Waals surface area contributed by atoms with E-state index in [1.165, 1.54) is 64.8 Å². The van der Waals surface area contributed by atoms with Crippen LogP contribution in [0.3, 0.4) is 0 Å². The average Bonchev–Trinajstić information content (AvgIpc) is 2.72. The van der Waals surface area contributed by atoms with E-state index in [-0.39, 0.29) is 0 Å². The molecule has 0 aromatic rings. The molecule has 1 atom stereocenters. The van der Waals surface area contributed by atoms with Crippen LogP contribution in [0, 0.1) is 5.41 Å². The Labute approximate surface area is 88.1 Å². The van der Waals surface area contributed by atoms with E-state index in [1.807, 2.05) is 0 Å². The van der Waals surface area contributed by atoms with Crippen molar-refractivity contribution < 1.29 is 0 Å². The Morgan fingerprint density at radius 3 is 2.57 bits per heavy atom. The van der Waals surface area contributed by atoms with Crippen molar-refractivity contribution in [2.75, 3.05) is 32.7 Å². The highest BCUT2D eigenvalue weighted by atomic mass is 15.1. The minimum Gasteiger partial charge on any atom is -0.316 e. The molecule has 0 aromatic heterocycles. The molecule has 0 spiro atoms. The normalized spacial score (nSPS) is 34.9. The number of rotatable bonds is 3. The summed E-state index contributed by atoms with van der Waals surface area (Å²) in [5.74, 6) is 0. The standard InChI is InChI=1S/C12H24N2/c1-2-12(6-5-7-13-10-12)11-14-8-3-4-9-14/h13H,2-11H2,1H3. The molecule has 1 unspecified atom stereocenters. The SMILES string of the molecule is CCC1(CN2CCCC2)CCCNC1. The molecule has 0 bridgehead atoms. The Morgan fingerprint density at radius 2 is 2.00 bits per heavy atom. The van der Waals surface area contributed by atoms with E-state index in [9.17, 15) is 0 Å². The molecule has 2 rings (SSSR count). The lowest BCUT2D eigenvalue weighted by atomic mass is 9.78. The molecule has 0 saturated carbocycles. The second kappa shape index (κ2) is 4.63. The molecule has 2 saturated heterocycles. The minimum absolute atomic E-state index is 0.600. The fraction of sp³-hybridized carbons (Fsp3) is 1.00. The zero-order chi connectivity index (χ0) is 9.86. The number of nitrogens with zero attached hydrogens (tertiary/aromatic N) is 1. The van der Waals surface area contributed by atoms with Crippen molar-refractivity contribution in [1.82, 2.24) is 10.2 Å². The molecule has 0 radical (unpaired) electrons. The quantitative estimate of drug-likeness (QED) is 0.741. The summed E-state index contributed by atoms with van der Waals surface area (Å²) < 4.78 is 0. The molecule has 2 heteroatoms. The lowest BCUT2D eigenvalue weighted by Crippen LogP contribution is -2.46. The monoisotopic (exact) mass is 196 g/mol. The van der Waals surface area contributed by atoms with Gasteiger partial charge >= 0.3 is 0 Å². The Balaban J connectivity index is 1.89. The van der Waals surface area contributed by atoms with E-state index in [2.05, 4.69) is 17.1 Å². The summed E-state index contributed by atoms with van der Waals surface area (Å²) >= 11 is 0. The van der Waals surface area contributed by atoms with Gasteiger partial charge in [-0.15, -0.1) is 0 Å². The van der Waals surface area contributed by atoms with Crippen LogP contribution < -0.4 is 5.32 Å². The summed E-state index contributed by atoms with van der Waals surface area (Å²) in [7, 11) is 0. The van der Waals surface area contributed by atoms with Crippen molar-refractivity contribution in [2.45, 2.75) is 39.0 Å². The molecule has 0 amide bonds. The third-order valence-electron chi connectivity index (χ3n) is 4.07. The summed E-state index contributed by atoms with van der Waals surface area (Å²) in [5, 5.41) is 3.57. The van der Waals surface area contributed by atoms with E-state index in [4.69, 9.17) is 0 Å². The van der Waals surface area contributed by atoms with Crippen molar-refractivity contribution in [2.24, 2.45) is 5.41 Å². The van der Waals surface area contributed by atoms with E-state index in [1.54, 1.807) is 0 Å². The Kier molecular flexibility index (Phi) is 3.45. The van der Waals surface area contributed by atoms with Gasteiger partial charge in [0.05, 0.1) is 0 Å². The molecule has 2 aliphatic rings. The van der Waals surface area contributed by atoms with Crippen LogP contribution in [0.5, 0.6) is 0 Å². The van der Waals surface area contributed by atoms with Crippen LogP contribution in [0.1, 0.15) is 39.0 Å². The van der Waals surface area contributed by atoms with Gasteiger partial charge in [-0.1, -0.05) is 6.92 Å². The smallest absolute Gasteiger partial charge is 0.00500 e. The highest BCUT2D eigenvalue weighted by Gasteiger charge is 2.32. The molecule has 2 fully saturated rings. The van der Waals surface area contributed by atoms with E-state index in [0.29, 0.717) is 5.41 Å². The van der Waals surface area contributed by atoms with Gasteiger partial charge in [0.1, 0.15) is 0 Å². The largest absolute Gasteiger partial charge is 0.316 e. The zero-order valence-corrected chi connectivity index (χ0v) is 9.52. The predicted octanol–water partition coefficient (Wildman–Crippen LogP) is 1.86. The Morgan fingerprint density at radius 1 is 1.21 bits per heavy atom. The maximum atomic E-state index is 3.57. The molecule has 82 valence electrons. The van der Waals surface area contributed by atoms with Crippen LogP contribution in [0.25, 0.3) is 0 Å². The molecule has 2 heterocycles. The summed E-state index contributed by atoms with van der Waals surface area (Å²) in [5.41, 5.74) is 0.600. The van der Waals surface area contributed by atoms with E-state index >= 15 is 0 Å². The zero-order valence-electron chi connectivity index (χ0n) is 9.52. The van der Waals surface area contributed by atoms with Crippen molar-refractivity contribution >= 4 is 0 Å². The topological polar surface area (TPSA) is 15.3 Å². The van der Waals surface area contributed by atoms with Crippen LogP contribution in [0.2, 0.25) is 0 Å². The number of hydrogen-bond donors (Lipinski definition) is 1. The van der Waals surface area contributed by atoms with Crippen molar-refractivity contribution in [1.29, 1.82) is 0 Å². The molecule has 1 N–H and O–H groups in total. The number of hydrogen-bond acceptors (Lipinski definition) is 2. The predicted molar refractivity (Wildman–Crippen MR) is 60.5 cm³/mol. The summed E-state index contributed by atoms with van der Waals surface area (Å²) in [6.07, 6.45) is 7.01. The third-order valence-corrected chi connectivity index (χ3v) is 4.07. The molecular weight excluding hydrogens is 172 g/mol. The number of piperidine rings is 1. The molecule has 2 nitrogen and oxygen atoms in total. The van der Waals surface area contributed by atoms with Crippen LogP contribution >= 0.6 is 0 Å². The maximum absolute atomic E-state index is 3.57. The van der Waals surface area contributed by atoms with Crippen LogP contribution in [0.4, 0.5) is 0 Å². The lowest BCUT2D eigenvalue weighted by Gasteiger charge is -2.39. The van der Waals surface area contributed by atoms with Crippen molar-refractivity contribution in [3.05, 3.63) is 0 Å². The highest BCUT2D eigenvalue weighted by Crippen LogP contribution is 2.31. The number of nitrogens with one attached hydrogen (secondary N) is 1. The van der Waals surface area contributed by atoms with Gasteiger partial charge in [-0.25, -0.2) is 0 Å². The van der Waals surface area contributed by atoms with Crippen LogP contribution in [-0.2, 0) is 0 Å². The second-order valence-corrected chi connectivity index (χ2v) is 5.12. The van der Waals surface area contributed by atoms with Gasteiger partial charge in [-0.2, -0.15) is 0 Å². The highest BCUT2D eigenvalue weighted by molar-refractivity contribution is 4.88. The number of likely N-dealkylation sites (tertiary alicyclic amines) is 1. The minimum atomic E-state index is 0.600. The van der Waals surface area contributed by atoms with Crippen LogP contribution in [-0.4, -0.2) is 37.6 Å². The fourth-order valence-corrected chi connectivity index (χ4v) is 2.99. The first kappa shape index (κ1) is 10.4. The lowest BCUT2D eigenvalue weighted by molar-refractivity contribution is 0.128. The summed E-state index contributed by atoms with van der Waals surface area (Å²) in [4.78, 5) is 2.68. The van der Waals surface area contributed by atoms with Gasteiger partial charge in [-0.3, -0.25) is 0 Å². The second-order valence-electron chi connectivity index (χ2n) is 5.12. The molecule has 0 aliphatic carbocycles. The van der Waals surface area contributed by atoms with Gasteiger partial charge in [0.25, 0.3) is 0 Å². The van der Waals surface area contributed by atoms with Crippen molar-refractivity contribution in [3.8, 4) is 0 Å². The van der Waals surface area contributed by atoms with Crippen LogP contribution in [0.15, 0.2) is 0 Å². The third kappa shape index (κ3) is 2.29. The average molecular weight is 196 g/mol. The van der Waals surface area contributed by atoms with Crippen molar-refractivity contribution in [3.63, 3.8) is 0 Å². The summed E-state index contributed by atoms with van der Waals surface area (Å²) in [6.45, 7) is 8.89.